The van der Waals surface area contributed by atoms with E-state index >= 15 is 0 Å². The van der Waals surface area contributed by atoms with Crippen molar-refractivity contribution in [3.05, 3.63) is 34.4 Å². The number of thiol groups is 1. The maximum atomic E-state index is 10.6. The summed E-state index contributed by atoms with van der Waals surface area (Å²) in [5, 5.41) is 10.6. The van der Waals surface area contributed by atoms with Gasteiger partial charge in [-0.3, -0.25) is 10.1 Å². The molecule has 100 valence electrons. The van der Waals surface area contributed by atoms with Gasteiger partial charge in [-0.25, -0.2) is 0 Å². The average Bonchev–Trinajstić information content (AvgIpc) is 2.41. The number of nitrogens with zero attached hydrogens (tertiary/aromatic N) is 1. The van der Waals surface area contributed by atoms with E-state index in [1.165, 1.54) is 0 Å². The van der Waals surface area contributed by atoms with Crippen molar-refractivity contribution in [2.45, 2.75) is 31.6 Å². The van der Waals surface area contributed by atoms with Gasteiger partial charge in [0, 0.05) is 22.8 Å². The maximum Gasteiger partial charge on any atom is 0.269 e. The van der Waals surface area contributed by atoms with Crippen LogP contribution in [0, 0.1) is 15.5 Å². The lowest BCUT2D eigenvalue weighted by Crippen LogP contribution is -2.24. The van der Waals surface area contributed by atoms with Crippen molar-refractivity contribution in [3.8, 4) is 0 Å². The molecule has 1 aromatic carbocycles. The summed E-state index contributed by atoms with van der Waals surface area (Å²) in [7, 11) is 0. The zero-order chi connectivity index (χ0) is 13.6. The highest BCUT2D eigenvalue weighted by molar-refractivity contribution is 7.99. The minimum Gasteiger partial charge on any atom is -0.258 e. The quantitative estimate of drug-likeness (QED) is 0.349. The average molecular weight is 285 g/mol. The normalized spacial score (nSPS) is 11.5. The Kier molecular flexibility index (Phi) is 6.02. The summed E-state index contributed by atoms with van der Waals surface area (Å²) in [4.78, 5) is 11.3. The lowest BCUT2D eigenvalue weighted by Gasteiger charge is -2.29. The number of hydrogen-bond acceptors (Lipinski definition) is 4. The summed E-state index contributed by atoms with van der Waals surface area (Å²) in [6, 6.07) is 6.75. The topological polar surface area (TPSA) is 43.1 Å². The molecule has 0 amide bonds. The van der Waals surface area contributed by atoms with Gasteiger partial charge in [-0.05, 0) is 36.1 Å². The smallest absolute Gasteiger partial charge is 0.258 e. The first-order valence-electron chi connectivity index (χ1n) is 6.05. The van der Waals surface area contributed by atoms with Gasteiger partial charge in [0.2, 0.25) is 0 Å². The van der Waals surface area contributed by atoms with E-state index < -0.39 is 0 Å². The minimum absolute atomic E-state index is 0.144. The fourth-order valence-electron chi connectivity index (χ4n) is 1.62. The molecule has 0 aliphatic carbocycles. The van der Waals surface area contributed by atoms with Crippen LogP contribution in [0.2, 0.25) is 0 Å². The number of thioether (sulfide) groups is 1. The van der Waals surface area contributed by atoms with E-state index in [9.17, 15) is 10.1 Å². The molecule has 0 heterocycles. The van der Waals surface area contributed by atoms with Gasteiger partial charge in [0.15, 0.2) is 0 Å². The summed E-state index contributed by atoms with van der Waals surface area (Å²) >= 11 is 6.20. The number of non-ortho nitro benzene ring substituents is 1. The molecule has 0 N–H and O–H groups in total. The molecule has 1 aromatic rings. The molecule has 0 bridgehead atoms. The summed E-state index contributed by atoms with van der Waals surface area (Å²) < 4.78 is 0. The molecule has 0 spiro atoms. The summed E-state index contributed by atoms with van der Waals surface area (Å²) in [6.45, 7) is 4.38. The van der Waals surface area contributed by atoms with Gasteiger partial charge in [0.1, 0.15) is 0 Å². The Labute approximate surface area is 118 Å². The monoisotopic (exact) mass is 285 g/mol. The van der Waals surface area contributed by atoms with E-state index in [4.69, 9.17) is 0 Å². The van der Waals surface area contributed by atoms with Gasteiger partial charge >= 0.3 is 0 Å². The lowest BCUT2D eigenvalue weighted by atomic mass is 9.87. The molecule has 5 heteroatoms. The van der Waals surface area contributed by atoms with Crippen LogP contribution < -0.4 is 0 Å². The molecule has 1 rings (SSSR count). The van der Waals surface area contributed by atoms with Crippen molar-refractivity contribution in [3.63, 3.8) is 0 Å². The summed E-state index contributed by atoms with van der Waals surface area (Å²) in [5.74, 6) is 1.88. The number of benzene rings is 1. The Hall–Kier alpha value is -0.680. The number of nitro groups is 1. The first-order chi connectivity index (χ1) is 8.56. The molecule has 0 saturated carbocycles. The summed E-state index contributed by atoms with van der Waals surface area (Å²) in [6.07, 6.45) is 2.21. The second-order valence-electron chi connectivity index (χ2n) is 4.40. The predicted octanol–water partition coefficient (Wildman–Crippen LogP) is 4.42. The number of hydrogen-bond donors (Lipinski definition) is 1. The van der Waals surface area contributed by atoms with Crippen molar-refractivity contribution >= 4 is 30.1 Å². The number of nitro benzene ring substituents is 1. The van der Waals surface area contributed by atoms with E-state index in [0.29, 0.717) is 0 Å². The molecular weight excluding hydrogens is 266 g/mol. The van der Waals surface area contributed by atoms with Crippen LogP contribution in [0.15, 0.2) is 29.2 Å². The third kappa shape index (κ3) is 3.92. The Morgan fingerprint density at radius 3 is 2.22 bits per heavy atom. The van der Waals surface area contributed by atoms with Crippen LogP contribution in [-0.2, 0) is 0 Å². The minimum atomic E-state index is -0.370. The largest absolute Gasteiger partial charge is 0.269 e. The second-order valence-corrected chi connectivity index (χ2v) is 5.77. The van der Waals surface area contributed by atoms with Gasteiger partial charge in [0.05, 0.1) is 4.92 Å². The van der Waals surface area contributed by atoms with E-state index in [0.717, 1.165) is 29.2 Å². The molecule has 0 saturated heterocycles. The van der Waals surface area contributed by atoms with Crippen LogP contribution >= 0.6 is 24.4 Å². The molecule has 0 fully saturated rings. The van der Waals surface area contributed by atoms with Gasteiger partial charge in [0.25, 0.3) is 5.69 Å². The van der Waals surface area contributed by atoms with Crippen molar-refractivity contribution < 1.29 is 4.92 Å². The first kappa shape index (κ1) is 15.4. The standard InChI is InChI=1S/C13H19NO2S2/c1-3-13(4-2,9-17)10-18-12-7-5-11(6-8-12)14(15)16/h5-8,17H,3-4,9-10H2,1-2H3. The van der Waals surface area contributed by atoms with Gasteiger partial charge < -0.3 is 0 Å². The molecule has 0 aliphatic heterocycles. The Bertz CT molecular complexity index is 380. The van der Waals surface area contributed by atoms with E-state index in [1.54, 1.807) is 23.9 Å². The molecule has 0 unspecified atom stereocenters. The Morgan fingerprint density at radius 1 is 1.28 bits per heavy atom. The van der Waals surface area contributed by atoms with Gasteiger partial charge in [-0.1, -0.05) is 13.8 Å². The fraction of sp³-hybridized carbons (Fsp3) is 0.538. The Balaban J connectivity index is 2.65. The highest BCUT2D eigenvalue weighted by atomic mass is 32.2. The maximum absolute atomic E-state index is 10.6. The molecule has 0 atom stereocenters. The molecule has 0 radical (unpaired) electrons. The van der Waals surface area contributed by atoms with Gasteiger partial charge in [-0.15, -0.1) is 11.8 Å². The van der Waals surface area contributed by atoms with Crippen LogP contribution in [0.1, 0.15) is 26.7 Å². The molecule has 0 aliphatic rings. The zero-order valence-electron chi connectivity index (χ0n) is 10.8. The second kappa shape index (κ2) is 7.04. The van der Waals surface area contributed by atoms with Crippen LogP contribution in [0.4, 0.5) is 5.69 Å². The lowest BCUT2D eigenvalue weighted by molar-refractivity contribution is -0.384. The zero-order valence-corrected chi connectivity index (χ0v) is 12.5. The predicted molar refractivity (Wildman–Crippen MR) is 80.7 cm³/mol. The van der Waals surface area contributed by atoms with Crippen LogP contribution in [-0.4, -0.2) is 16.4 Å². The highest BCUT2D eigenvalue weighted by Gasteiger charge is 2.24. The van der Waals surface area contributed by atoms with E-state index in [-0.39, 0.29) is 16.0 Å². The van der Waals surface area contributed by atoms with Crippen molar-refractivity contribution in [2.75, 3.05) is 11.5 Å². The molecular formula is C13H19NO2S2. The third-order valence-corrected chi connectivity index (χ3v) is 5.46. The van der Waals surface area contributed by atoms with E-state index in [1.807, 2.05) is 12.1 Å². The molecule has 3 nitrogen and oxygen atoms in total. The van der Waals surface area contributed by atoms with E-state index in [2.05, 4.69) is 26.5 Å². The van der Waals surface area contributed by atoms with Crippen LogP contribution in [0.3, 0.4) is 0 Å². The third-order valence-electron chi connectivity index (χ3n) is 3.43. The van der Waals surface area contributed by atoms with Crippen molar-refractivity contribution in [1.82, 2.24) is 0 Å². The highest BCUT2D eigenvalue weighted by Crippen LogP contribution is 2.35. The van der Waals surface area contributed by atoms with Crippen LogP contribution in [0.5, 0.6) is 0 Å². The fourth-order valence-corrected chi connectivity index (χ4v) is 3.65. The van der Waals surface area contributed by atoms with Crippen molar-refractivity contribution in [2.24, 2.45) is 5.41 Å². The van der Waals surface area contributed by atoms with Crippen molar-refractivity contribution in [1.29, 1.82) is 0 Å². The van der Waals surface area contributed by atoms with Gasteiger partial charge in [-0.2, -0.15) is 12.6 Å². The SMILES string of the molecule is CCC(CC)(CS)CSc1ccc([N+](=O)[O-])cc1. The molecule has 18 heavy (non-hydrogen) atoms. The van der Waals surface area contributed by atoms with Crippen LogP contribution in [0.25, 0.3) is 0 Å². The summed E-state index contributed by atoms with van der Waals surface area (Å²) in [5.41, 5.74) is 0.404. The molecule has 0 aromatic heterocycles. The Morgan fingerprint density at radius 2 is 1.83 bits per heavy atom. The number of rotatable bonds is 7. The first-order valence-corrected chi connectivity index (χ1v) is 7.67.